The number of carbonyl (C=O) groups is 3. The molecule has 2 saturated heterocycles. The Labute approximate surface area is 170 Å². The monoisotopic (exact) mass is 422 g/mol. The smallest absolute Gasteiger partial charge is 0.321 e. The highest BCUT2D eigenvalue weighted by Crippen LogP contribution is 2.21. The Hall–Kier alpha value is -2.62. The lowest BCUT2D eigenvalue weighted by molar-refractivity contribution is -0.132. The molecule has 29 heavy (non-hydrogen) atoms. The van der Waals surface area contributed by atoms with Crippen molar-refractivity contribution in [3.63, 3.8) is 0 Å². The third-order valence-corrected chi connectivity index (χ3v) is 7.07. The van der Waals surface area contributed by atoms with Crippen LogP contribution in [0.1, 0.15) is 25.7 Å². The van der Waals surface area contributed by atoms with E-state index < -0.39 is 21.7 Å². The van der Waals surface area contributed by atoms with Crippen molar-refractivity contribution < 1.29 is 22.8 Å². The highest BCUT2D eigenvalue weighted by Gasteiger charge is 2.31. The molecule has 2 heterocycles. The third-order valence-electron chi connectivity index (χ3n) is 5.23. The maximum Gasteiger partial charge on any atom is 0.321 e. The maximum absolute atomic E-state index is 12.4. The maximum atomic E-state index is 12.4. The van der Waals surface area contributed by atoms with Gasteiger partial charge in [0.15, 0.2) is 9.84 Å². The summed E-state index contributed by atoms with van der Waals surface area (Å²) in [7, 11) is -3.04. The summed E-state index contributed by atoms with van der Waals surface area (Å²) in [5.74, 6) is -1.26. The number of rotatable bonds is 4. The molecule has 3 N–H and O–H groups in total. The molecule has 0 aromatic heterocycles. The Morgan fingerprint density at radius 3 is 2.52 bits per heavy atom. The van der Waals surface area contributed by atoms with Crippen molar-refractivity contribution in [2.75, 3.05) is 29.9 Å². The molecule has 0 radical (unpaired) electrons. The van der Waals surface area contributed by atoms with Crippen LogP contribution in [0, 0.1) is 11.8 Å². The van der Waals surface area contributed by atoms with Crippen LogP contribution < -0.4 is 16.2 Å². The summed E-state index contributed by atoms with van der Waals surface area (Å²) in [6, 6.07) is 8.82. The number of hydrazine groups is 1. The second-order valence-electron chi connectivity index (χ2n) is 7.59. The van der Waals surface area contributed by atoms with Gasteiger partial charge in [-0.15, -0.1) is 0 Å². The molecule has 2 fully saturated rings. The topological polar surface area (TPSA) is 125 Å². The summed E-state index contributed by atoms with van der Waals surface area (Å²) in [5, 5.41) is 2.80. The van der Waals surface area contributed by atoms with Crippen molar-refractivity contribution in [1.29, 1.82) is 0 Å². The van der Waals surface area contributed by atoms with E-state index in [-0.39, 0.29) is 42.3 Å². The van der Waals surface area contributed by atoms with Crippen LogP contribution >= 0.6 is 0 Å². The van der Waals surface area contributed by atoms with E-state index in [0.29, 0.717) is 31.5 Å². The summed E-state index contributed by atoms with van der Waals surface area (Å²) >= 11 is 0. The van der Waals surface area contributed by atoms with Crippen molar-refractivity contribution in [3.05, 3.63) is 30.3 Å². The van der Waals surface area contributed by atoms with Crippen LogP contribution in [0.5, 0.6) is 0 Å². The number of sulfone groups is 1. The number of nitrogens with one attached hydrogen (secondary N) is 3. The Bertz CT molecular complexity index is 859. The van der Waals surface area contributed by atoms with Crippen molar-refractivity contribution in [2.24, 2.45) is 11.8 Å². The molecular weight excluding hydrogens is 396 g/mol. The molecule has 9 nitrogen and oxygen atoms in total. The summed E-state index contributed by atoms with van der Waals surface area (Å²) in [4.78, 5) is 38.4. The van der Waals surface area contributed by atoms with Crippen LogP contribution in [0.2, 0.25) is 0 Å². The van der Waals surface area contributed by atoms with Crippen LogP contribution in [0.15, 0.2) is 30.3 Å². The van der Waals surface area contributed by atoms with E-state index >= 15 is 0 Å². The zero-order valence-corrected chi connectivity index (χ0v) is 16.9. The van der Waals surface area contributed by atoms with Gasteiger partial charge in [0, 0.05) is 25.2 Å². The van der Waals surface area contributed by atoms with Gasteiger partial charge < -0.3 is 10.2 Å². The van der Waals surface area contributed by atoms with Crippen LogP contribution in [0.25, 0.3) is 0 Å². The van der Waals surface area contributed by atoms with E-state index in [1.54, 1.807) is 17.0 Å². The third kappa shape index (κ3) is 6.18. The molecule has 2 aliphatic heterocycles. The first-order valence-electron chi connectivity index (χ1n) is 9.72. The quantitative estimate of drug-likeness (QED) is 0.622. The molecule has 0 saturated carbocycles. The average molecular weight is 423 g/mol. The van der Waals surface area contributed by atoms with Gasteiger partial charge in [-0.3, -0.25) is 20.4 Å². The van der Waals surface area contributed by atoms with Gasteiger partial charge in [0.2, 0.25) is 11.8 Å². The predicted octanol–water partition coefficient (Wildman–Crippen LogP) is 0.903. The molecule has 158 valence electrons. The normalized spacial score (nSPS) is 23.2. The molecule has 0 spiro atoms. The van der Waals surface area contributed by atoms with Crippen LogP contribution in [0.4, 0.5) is 10.5 Å². The number of urea groups is 1. The van der Waals surface area contributed by atoms with Crippen molar-refractivity contribution >= 4 is 33.4 Å². The van der Waals surface area contributed by atoms with Crippen LogP contribution in [-0.4, -0.2) is 55.8 Å². The summed E-state index contributed by atoms with van der Waals surface area (Å²) in [6.07, 6.45) is 1.85. The van der Waals surface area contributed by atoms with E-state index in [0.717, 1.165) is 0 Å². The summed E-state index contributed by atoms with van der Waals surface area (Å²) in [6.45, 7) is 0.826. The number of amides is 4. The Balaban J connectivity index is 1.43. The fourth-order valence-corrected chi connectivity index (χ4v) is 5.54. The molecule has 0 aliphatic carbocycles. The first-order valence-corrected chi connectivity index (χ1v) is 11.5. The highest BCUT2D eigenvalue weighted by atomic mass is 32.2. The number of hydrogen-bond acceptors (Lipinski definition) is 5. The van der Waals surface area contributed by atoms with Gasteiger partial charge in [-0.2, -0.15) is 0 Å². The fraction of sp³-hybridized carbons (Fsp3) is 0.526. The Morgan fingerprint density at radius 2 is 1.83 bits per heavy atom. The molecule has 0 bridgehead atoms. The SMILES string of the molecule is O=C(C[C@H]1CCS(=O)(=O)C1)NNC(=O)[C@H]1CCCN(C(=O)Nc2ccccc2)C1. The number of nitrogens with zero attached hydrogens (tertiary/aromatic N) is 1. The number of para-hydroxylation sites is 1. The molecule has 0 unspecified atom stereocenters. The lowest BCUT2D eigenvalue weighted by Gasteiger charge is -2.32. The van der Waals surface area contributed by atoms with Gasteiger partial charge in [0.1, 0.15) is 0 Å². The standard InChI is InChI=1S/C19H26N4O5S/c24-17(11-14-8-10-29(27,28)13-14)21-22-18(25)15-5-4-9-23(12-15)19(26)20-16-6-2-1-3-7-16/h1-3,6-7,14-15H,4-5,8-13H2,(H,20,26)(H,21,24)(H,22,25)/t14-,15+/m1/s1. The molecule has 2 atom stereocenters. The minimum Gasteiger partial charge on any atom is -0.324 e. The number of hydrogen-bond donors (Lipinski definition) is 3. The number of benzene rings is 1. The molecule has 1 aromatic rings. The van der Waals surface area contributed by atoms with Crippen molar-refractivity contribution in [1.82, 2.24) is 15.8 Å². The number of piperidine rings is 1. The second-order valence-corrected chi connectivity index (χ2v) is 9.82. The second kappa shape index (κ2) is 9.25. The van der Waals surface area contributed by atoms with Crippen molar-refractivity contribution in [3.8, 4) is 0 Å². The van der Waals surface area contributed by atoms with Gasteiger partial charge >= 0.3 is 6.03 Å². The minimum absolute atomic E-state index is 0.0163. The number of anilines is 1. The first-order chi connectivity index (χ1) is 13.8. The zero-order valence-electron chi connectivity index (χ0n) is 16.1. The largest absolute Gasteiger partial charge is 0.324 e. The summed E-state index contributed by atoms with van der Waals surface area (Å²) in [5.41, 5.74) is 5.46. The molecule has 1 aromatic carbocycles. The lowest BCUT2D eigenvalue weighted by Crippen LogP contribution is -2.50. The fourth-order valence-electron chi connectivity index (χ4n) is 3.68. The van der Waals surface area contributed by atoms with Crippen molar-refractivity contribution in [2.45, 2.75) is 25.7 Å². The van der Waals surface area contributed by atoms with E-state index in [4.69, 9.17) is 0 Å². The molecular formula is C19H26N4O5S. The minimum atomic E-state index is -3.04. The first kappa shape index (κ1) is 21.1. The summed E-state index contributed by atoms with van der Waals surface area (Å²) < 4.78 is 22.9. The van der Waals surface area contributed by atoms with Gasteiger partial charge in [-0.1, -0.05) is 18.2 Å². The number of carbonyl (C=O) groups excluding carboxylic acids is 3. The highest BCUT2D eigenvalue weighted by molar-refractivity contribution is 7.91. The predicted molar refractivity (Wildman–Crippen MR) is 107 cm³/mol. The molecule has 4 amide bonds. The zero-order chi connectivity index (χ0) is 20.9. The average Bonchev–Trinajstić information content (AvgIpc) is 3.05. The van der Waals surface area contributed by atoms with Crippen LogP contribution in [0.3, 0.4) is 0 Å². The van der Waals surface area contributed by atoms with E-state index in [2.05, 4.69) is 16.2 Å². The Morgan fingerprint density at radius 1 is 1.07 bits per heavy atom. The molecule has 10 heteroatoms. The van der Waals surface area contributed by atoms with Gasteiger partial charge in [-0.25, -0.2) is 13.2 Å². The van der Waals surface area contributed by atoms with E-state index in [1.165, 1.54) is 0 Å². The van der Waals surface area contributed by atoms with Gasteiger partial charge in [0.05, 0.1) is 17.4 Å². The Kier molecular flexibility index (Phi) is 6.73. The van der Waals surface area contributed by atoms with Crippen LogP contribution in [-0.2, 0) is 19.4 Å². The molecule has 2 aliphatic rings. The lowest BCUT2D eigenvalue weighted by atomic mass is 9.97. The van der Waals surface area contributed by atoms with E-state index in [1.807, 2.05) is 18.2 Å². The van der Waals surface area contributed by atoms with Gasteiger partial charge in [0.25, 0.3) is 0 Å². The number of likely N-dealkylation sites (tertiary alicyclic amines) is 1. The van der Waals surface area contributed by atoms with E-state index in [9.17, 15) is 22.8 Å². The van der Waals surface area contributed by atoms with Gasteiger partial charge in [-0.05, 0) is 37.3 Å². The molecule has 3 rings (SSSR count).